The molecule has 0 atom stereocenters. The summed E-state index contributed by atoms with van der Waals surface area (Å²) < 4.78 is 5.04. The third-order valence-corrected chi connectivity index (χ3v) is 1.88. The summed E-state index contributed by atoms with van der Waals surface area (Å²) in [5.74, 6) is 0. The summed E-state index contributed by atoms with van der Waals surface area (Å²) in [6, 6.07) is 0. The standard InChI is InChI=1S/C5H11O.Al.ClH.H/c1-2-3-4-5-6;;;/h2-5H2,1H3;;1H;/q-1;+2;;/p-1. The van der Waals surface area contributed by atoms with Crippen LogP contribution in [0.3, 0.4) is 0 Å². The van der Waals surface area contributed by atoms with Crippen LogP contribution in [0.1, 0.15) is 26.2 Å². The van der Waals surface area contributed by atoms with Crippen molar-refractivity contribution in [1.82, 2.24) is 0 Å². The van der Waals surface area contributed by atoms with E-state index in [0.29, 0.717) is 0 Å². The highest BCUT2D eigenvalue weighted by molar-refractivity contribution is 6.89. The summed E-state index contributed by atoms with van der Waals surface area (Å²) in [5, 5.41) is 0. The van der Waals surface area contributed by atoms with Crippen molar-refractivity contribution >= 4 is 24.7 Å². The molecule has 0 spiro atoms. The highest BCUT2D eigenvalue weighted by Gasteiger charge is 1.86. The average Bonchev–Trinajstić information content (AvgIpc) is 1.81. The quantitative estimate of drug-likeness (QED) is 0.428. The minimum absolute atomic E-state index is 0.642. The van der Waals surface area contributed by atoms with Crippen molar-refractivity contribution in [2.24, 2.45) is 0 Å². The third kappa shape index (κ3) is 6.78. The second kappa shape index (κ2) is 7.78. The van der Waals surface area contributed by atoms with Crippen LogP contribution >= 0.6 is 10.0 Å². The Labute approximate surface area is 61.6 Å². The van der Waals surface area contributed by atoms with Crippen molar-refractivity contribution in [1.29, 1.82) is 0 Å². The lowest BCUT2D eigenvalue weighted by Gasteiger charge is -1.96. The van der Waals surface area contributed by atoms with E-state index >= 15 is 0 Å². The molecule has 0 aliphatic rings. The molecular formula is C5H12AlClO. The van der Waals surface area contributed by atoms with Crippen LogP contribution in [0, 0.1) is 0 Å². The van der Waals surface area contributed by atoms with Crippen molar-refractivity contribution < 1.29 is 3.79 Å². The van der Waals surface area contributed by atoms with Gasteiger partial charge < -0.3 is 3.79 Å². The molecule has 0 rings (SSSR count). The fourth-order valence-electron chi connectivity index (χ4n) is 0.509. The molecule has 1 nitrogen and oxygen atoms in total. The van der Waals surface area contributed by atoms with E-state index in [2.05, 4.69) is 6.92 Å². The molecule has 0 aromatic rings. The molecule has 0 amide bonds. The molecule has 0 aliphatic heterocycles. The second-order valence-electron chi connectivity index (χ2n) is 1.72. The maximum atomic E-state index is 5.40. The Kier molecular flexibility index (Phi) is 8.54. The fraction of sp³-hybridized carbons (Fsp3) is 1.00. The van der Waals surface area contributed by atoms with Gasteiger partial charge in [-0.05, 0) is 6.42 Å². The van der Waals surface area contributed by atoms with E-state index < -0.39 is 14.6 Å². The first-order valence-electron chi connectivity index (χ1n) is 3.05. The van der Waals surface area contributed by atoms with Crippen LogP contribution in [0.4, 0.5) is 0 Å². The van der Waals surface area contributed by atoms with E-state index in [1.54, 1.807) is 0 Å². The average molecular weight is 151 g/mol. The first kappa shape index (κ1) is 8.78. The Bertz CT molecular complexity index is 37.4. The van der Waals surface area contributed by atoms with Gasteiger partial charge in [-0.25, -0.2) is 10.0 Å². The molecule has 0 saturated heterocycles. The highest BCUT2D eigenvalue weighted by Crippen LogP contribution is 1.93. The SMILES string of the molecule is CCCCC[O][AlH][Cl]. The maximum absolute atomic E-state index is 5.40. The molecule has 3 heteroatoms. The molecule has 0 N–H and O–H groups in total. The van der Waals surface area contributed by atoms with Gasteiger partial charge in [0.25, 0.3) is 0 Å². The molecule has 0 bridgehead atoms. The maximum Gasteiger partial charge on any atom is 0.566 e. The zero-order valence-corrected chi connectivity index (χ0v) is 7.49. The van der Waals surface area contributed by atoms with E-state index in [1.807, 2.05) is 0 Å². The van der Waals surface area contributed by atoms with Crippen molar-refractivity contribution in [2.45, 2.75) is 26.2 Å². The minimum Gasteiger partial charge on any atom is -0.492 e. The Morgan fingerprint density at radius 2 is 2.25 bits per heavy atom. The molecule has 8 heavy (non-hydrogen) atoms. The summed E-state index contributed by atoms with van der Waals surface area (Å²) >= 11 is -0.642. The summed E-state index contributed by atoms with van der Waals surface area (Å²) in [5.41, 5.74) is 0. The molecule has 0 aromatic carbocycles. The lowest BCUT2D eigenvalue weighted by Crippen LogP contribution is -1.93. The Hall–Kier alpha value is 0.782. The highest BCUT2D eigenvalue weighted by atomic mass is 35.6. The Morgan fingerprint density at radius 1 is 1.50 bits per heavy atom. The number of rotatable bonds is 5. The molecule has 0 unspecified atom stereocenters. The lowest BCUT2D eigenvalue weighted by atomic mass is 10.3. The lowest BCUT2D eigenvalue weighted by molar-refractivity contribution is 0.331. The largest absolute Gasteiger partial charge is 0.566 e. The Balaban J connectivity index is 2.53. The summed E-state index contributed by atoms with van der Waals surface area (Å²) in [6.45, 7) is 3.06. The van der Waals surface area contributed by atoms with Crippen LogP contribution in [0.2, 0.25) is 0 Å². The van der Waals surface area contributed by atoms with Crippen molar-refractivity contribution in [3.63, 3.8) is 0 Å². The number of hydrogen-bond acceptors (Lipinski definition) is 1. The van der Waals surface area contributed by atoms with Crippen LogP contribution in [0.5, 0.6) is 0 Å². The molecule has 0 aliphatic carbocycles. The first-order chi connectivity index (χ1) is 3.91. The van der Waals surface area contributed by atoms with Crippen LogP contribution in [-0.2, 0) is 3.79 Å². The Morgan fingerprint density at radius 3 is 2.75 bits per heavy atom. The zero-order valence-electron chi connectivity index (χ0n) is 5.32. The van der Waals surface area contributed by atoms with E-state index in [9.17, 15) is 0 Å². The summed E-state index contributed by atoms with van der Waals surface area (Å²) in [6.07, 6.45) is 3.70. The van der Waals surface area contributed by atoms with Crippen LogP contribution in [0.15, 0.2) is 0 Å². The van der Waals surface area contributed by atoms with Gasteiger partial charge in [0, 0.05) is 6.61 Å². The first-order valence-corrected chi connectivity index (χ1v) is 5.77. The predicted octanol–water partition coefficient (Wildman–Crippen LogP) is 1.70. The number of unbranched alkanes of at least 4 members (excludes halogenated alkanes) is 2. The monoisotopic (exact) mass is 150 g/mol. The number of halogens is 1. The predicted molar refractivity (Wildman–Crippen MR) is 38.5 cm³/mol. The summed E-state index contributed by atoms with van der Waals surface area (Å²) in [7, 11) is 5.40. The van der Waals surface area contributed by atoms with Crippen molar-refractivity contribution in [3.8, 4) is 0 Å². The zero-order chi connectivity index (χ0) is 6.24. The van der Waals surface area contributed by atoms with E-state index in [4.69, 9.17) is 13.8 Å². The van der Waals surface area contributed by atoms with Crippen molar-refractivity contribution in [3.05, 3.63) is 0 Å². The normalized spacial score (nSPS) is 9.25. The van der Waals surface area contributed by atoms with Gasteiger partial charge in [-0.2, -0.15) is 0 Å². The van der Waals surface area contributed by atoms with E-state index in [-0.39, 0.29) is 0 Å². The van der Waals surface area contributed by atoms with Gasteiger partial charge in [0.1, 0.15) is 0 Å². The van der Waals surface area contributed by atoms with Crippen LogP contribution in [0.25, 0.3) is 0 Å². The molecule has 0 aromatic heterocycles. The van der Waals surface area contributed by atoms with Gasteiger partial charge in [-0.15, -0.1) is 0 Å². The molecule has 0 saturated carbocycles. The fourth-order valence-corrected chi connectivity index (χ4v) is 1.15. The molecular weight excluding hydrogens is 138 g/mol. The second-order valence-corrected chi connectivity index (χ2v) is 3.01. The van der Waals surface area contributed by atoms with E-state index in [1.165, 1.54) is 19.3 Å². The van der Waals surface area contributed by atoms with Gasteiger partial charge in [-0.1, -0.05) is 19.8 Å². The number of hydrogen-bond donors (Lipinski definition) is 0. The van der Waals surface area contributed by atoms with Crippen LogP contribution < -0.4 is 0 Å². The van der Waals surface area contributed by atoms with E-state index in [0.717, 1.165) is 6.61 Å². The smallest absolute Gasteiger partial charge is 0.492 e. The topological polar surface area (TPSA) is 9.23 Å². The van der Waals surface area contributed by atoms with Gasteiger partial charge in [-0.3, -0.25) is 0 Å². The van der Waals surface area contributed by atoms with Gasteiger partial charge in [0.15, 0.2) is 0 Å². The third-order valence-electron chi connectivity index (χ3n) is 0.969. The van der Waals surface area contributed by atoms with Crippen molar-refractivity contribution in [2.75, 3.05) is 6.61 Å². The minimum atomic E-state index is -0.642. The van der Waals surface area contributed by atoms with Gasteiger partial charge in [0.2, 0.25) is 0 Å². The molecule has 0 fully saturated rings. The molecule has 48 valence electrons. The summed E-state index contributed by atoms with van der Waals surface area (Å²) in [4.78, 5) is 0. The van der Waals surface area contributed by atoms with Gasteiger partial charge in [0.05, 0.1) is 0 Å². The van der Waals surface area contributed by atoms with Gasteiger partial charge >= 0.3 is 14.6 Å². The molecule has 0 heterocycles. The van der Waals surface area contributed by atoms with Crippen LogP contribution in [-0.4, -0.2) is 21.2 Å². The molecule has 0 radical (unpaired) electrons.